The molecule has 9 nitrogen and oxygen atoms in total. The number of nitrogens with zero attached hydrogens (tertiary/aromatic N) is 2. The standard InChI is InChI=1S/C22H23N3O6/c1-14-2-4-15(5-3-14)13-31-18-7-6-16(10-23-18)12-25-9-8-17(26)20(22(25)30)21(29)24-11-19(27)28/h2-7,10,20H,8-9,11-13H2,1H3,(H,24,29)(H,27,28). The number of nitrogens with one attached hydrogen (secondary N) is 1. The molecule has 0 saturated carbocycles. The first-order chi connectivity index (χ1) is 14.8. The highest BCUT2D eigenvalue weighted by Gasteiger charge is 2.40. The number of carboxylic acids is 1. The van der Waals surface area contributed by atoms with Gasteiger partial charge in [-0.1, -0.05) is 35.9 Å². The number of benzene rings is 1. The average molecular weight is 425 g/mol. The lowest BCUT2D eigenvalue weighted by molar-refractivity contribution is -0.152. The molecule has 1 fully saturated rings. The van der Waals surface area contributed by atoms with E-state index in [9.17, 15) is 19.2 Å². The summed E-state index contributed by atoms with van der Waals surface area (Å²) in [4.78, 5) is 53.0. The molecular weight excluding hydrogens is 402 g/mol. The Labute approximate surface area is 179 Å². The number of ether oxygens (including phenoxy) is 1. The molecule has 162 valence electrons. The summed E-state index contributed by atoms with van der Waals surface area (Å²) in [6.45, 7) is 2.11. The van der Waals surface area contributed by atoms with Crippen LogP contribution in [-0.2, 0) is 32.3 Å². The Balaban J connectivity index is 1.57. The molecule has 2 amide bonds. The van der Waals surface area contributed by atoms with Gasteiger partial charge in [0.1, 0.15) is 13.2 Å². The summed E-state index contributed by atoms with van der Waals surface area (Å²) in [5.74, 6) is -4.37. The number of likely N-dealkylation sites (tertiary alicyclic amines) is 1. The third-order valence-corrected chi connectivity index (χ3v) is 4.86. The minimum atomic E-state index is -1.52. The zero-order valence-electron chi connectivity index (χ0n) is 17.0. The van der Waals surface area contributed by atoms with Crippen LogP contribution >= 0.6 is 0 Å². The fraction of sp³-hybridized carbons (Fsp3) is 0.318. The first-order valence-electron chi connectivity index (χ1n) is 9.78. The van der Waals surface area contributed by atoms with Gasteiger partial charge in [0.15, 0.2) is 11.7 Å². The van der Waals surface area contributed by atoms with Gasteiger partial charge >= 0.3 is 5.97 Å². The van der Waals surface area contributed by atoms with Gasteiger partial charge < -0.3 is 20.1 Å². The highest BCUT2D eigenvalue weighted by atomic mass is 16.5. The number of carboxylic acid groups (broad SMARTS) is 1. The molecule has 2 heterocycles. The van der Waals surface area contributed by atoms with Gasteiger partial charge in [-0.05, 0) is 18.1 Å². The van der Waals surface area contributed by atoms with E-state index in [4.69, 9.17) is 9.84 Å². The Bertz CT molecular complexity index is 972. The average Bonchev–Trinajstić information content (AvgIpc) is 2.75. The van der Waals surface area contributed by atoms with Crippen molar-refractivity contribution in [3.05, 3.63) is 59.3 Å². The molecule has 0 spiro atoms. The molecular formula is C22H23N3O6. The summed E-state index contributed by atoms with van der Waals surface area (Å²) in [5, 5.41) is 10.8. The maximum Gasteiger partial charge on any atom is 0.322 e. The van der Waals surface area contributed by atoms with Crippen molar-refractivity contribution < 1.29 is 29.0 Å². The summed E-state index contributed by atoms with van der Waals surface area (Å²) in [6, 6.07) is 11.4. The number of pyridine rings is 1. The number of hydrogen-bond donors (Lipinski definition) is 2. The van der Waals surface area contributed by atoms with Crippen molar-refractivity contribution in [2.45, 2.75) is 26.5 Å². The Morgan fingerprint density at radius 2 is 1.87 bits per heavy atom. The van der Waals surface area contributed by atoms with Gasteiger partial charge in [-0.25, -0.2) is 4.98 Å². The molecule has 0 radical (unpaired) electrons. The lowest BCUT2D eigenvalue weighted by Gasteiger charge is -2.30. The van der Waals surface area contributed by atoms with Gasteiger partial charge in [0.2, 0.25) is 17.7 Å². The number of ketones is 1. The first kappa shape index (κ1) is 21.9. The Morgan fingerprint density at radius 3 is 2.52 bits per heavy atom. The van der Waals surface area contributed by atoms with E-state index in [-0.39, 0.29) is 19.5 Å². The SMILES string of the molecule is Cc1ccc(COc2ccc(CN3CCC(=O)C(C(=O)NCC(=O)O)C3=O)cn2)cc1. The Kier molecular flexibility index (Phi) is 6.96. The van der Waals surface area contributed by atoms with E-state index in [2.05, 4.69) is 10.3 Å². The van der Waals surface area contributed by atoms with E-state index in [0.29, 0.717) is 12.5 Å². The third kappa shape index (κ3) is 5.88. The van der Waals surface area contributed by atoms with Gasteiger partial charge in [0.25, 0.3) is 0 Å². The molecule has 31 heavy (non-hydrogen) atoms. The van der Waals surface area contributed by atoms with Gasteiger partial charge in [-0.2, -0.15) is 0 Å². The van der Waals surface area contributed by atoms with E-state index in [1.165, 1.54) is 10.5 Å². The molecule has 1 aliphatic rings. The van der Waals surface area contributed by atoms with Crippen LogP contribution in [0.25, 0.3) is 0 Å². The third-order valence-electron chi connectivity index (χ3n) is 4.86. The molecule has 9 heteroatoms. The molecule has 2 aromatic rings. The minimum absolute atomic E-state index is 0.0298. The van der Waals surface area contributed by atoms with Crippen LogP contribution in [0.15, 0.2) is 42.6 Å². The van der Waals surface area contributed by atoms with Gasteiger partial charge in [0, 0.05) is 31.8 Å². The second-order valence-electron chi connectivity index (χ2n) is 7.30. The normalized spacial score (nSPS) is 16.2. The number of Topliss-reactive ketones (excluding diaryl/α,β-unsaturated/α-hetero) is 1. The number of carbonyl (C=O) groups is 4. The highest BCUT2D eigenvalue weighted by Crippen LogP contribution is 2.19. The lowest BCUT2D eigenvalue weighted by atomic mass is 9.94. The monoisotopic (exact) mass is 425 g/mol. The topological polar surface area (TPSA) is 126 Å². The maximum absolute atomic E-state index is 12.6. The van der Waals surface area contributed by atoms with Crippen LogP contribution in [0.5, 0.6) is 5.88 Å². The summed E-state index contributed by atoms with van der Waals surface area (Å²) in [5.41, 5.74) is 2.91. The van der Waals surface area contributed by atoms with Crippen LogP contribution in [0.2, 0.25) is 0 Å². The highest BCUT2D eigenvalue weighted by molar-refractivity contribution is 6.19. The second kappa shape index (κ2) is 9.84. The van der Waals surface area contributed by atoms with Crippen molar-refractivity contribution in [2.24, 2.45) is 5.92 Å². The number of amides is 2. The van der Waals surface area contributed by atoms with Crippen molar-refractivity contribution in [2.75, 3.05) is 13.1 Å². The van der Waals surface area contributed by atoms with Gasteiger partial charge in [-0.15, -0.1) is 0 Å². The zero-order chi connectivity index (χ0) is 22.4. The van der Waals surface area contributed by atoms with Crippen LogP contribution in [0, 0.1) is 12.8 Å². The molecule has 1 aliphatic heterocycles. The zero-order valence-corrected chi connectivity index (χ0v) is 17.0. The minimum Gasteiger partial charge on any atom is -0.480 e. The van der Waals surface area contributed by atoms with Crippen molar-refractivity contribution >= 4 is 23.6 Å². The molecule has 1 atom stereocenters. The Hall–Kier alpha value is -3.75. The second-order valence-corrected chi connectivity index (χ2v) is 7.30. The fourth-order valence-corrected chi connectivity index (χ4v) is 3.15. The molecule has 1 unspecified atom stereocenters. The van der Waals surface area contributed by atoms with Crippen LogP contribution in [0.1, 0.15) is 23.1 Å². The van der Waals surface area contributed by atoms with Crippen molar-refractivity contribution in [3.8, 4) is 5.88 Å². The van der Waals surface area contributed by atoms with Crippen LogP contribution in [0.4, 0.5) is 0 Å². The molecule has 2 N–H and O–H groups in total. The predicted octanol–water partition coefficient (Wildman–Crippen LogP) is 1.09. The van der Waals surface area contributed by atoms with Gasteiger partial charge in [0.05, 0.1) is 0 Å². The number of piperidine rings is 1. The first-order valence-corrected chi connectivity index (χ1v) is 9.78. The molecule has 0 bridgehead atoms. The van der Waals surface area contributed by atoms with E-state index in [1.54, 1.807) is 18.3 Å². The van der Waals surface area contributed by atoms with E-state index in [0.717, 1.165) is 11.1 Å². The number of aromatic nitrogens is 1. The summed E-state index contributed by atoms with van der Waals surface area (Å²) in [6.07, 6.45) is 1.61. The maximum atomic E-state index is 12.6. The van der Waals surface area contributed by atoms with E-state index >= 15 is 0 Å². The van der Waals surface area contributed by atoms with Crippen molar-refractivity contribution in [3.63, 3.8) is 0 Å². The summed E-state index contributed by atoms with van der Waals surface area (Å²) < 4.78 is 5.67. The number of rotatable bonds is 8. The molecule has 1 aromatic carbocycles. The lowest BCUT2D eigenvalue weighted by Crippen LogP contribution is -2.52. The van der Waals surface area contributed by atoms with Crippen LogP contribution < -0.4 is 10.1 Å². The number of aliphatic carboxylic acids is 1. The summed E-state index contributed by atoms with van der Waals surface area (Å²) >= 11 is 0. The quantitative estimate of drug-likeness (QED) is 0.606. The predicted molar refractivity (Wildman–Crippen MR) is 109 cm³/mol. The fourth-order valence-electron chi connectivity index (χ4n) is 3.15. The molecule has 1 saturated heterocycles. The number of hydrogen-bond acceptors (Lipinski definition) is 6. The smallest absolute Gasteiger partial charge is 0.322 e. The molecule has 1 aromatic heterocycles. The number of aryl methyl sites for hydroxylation is 1. The molecule has 3 rings (SSSR count). The van der Waals surface area contributed by atoms with Crippen LogP contribution in [0.3, 0.4) is 0 Å². The largest absolute Gasteiger partial charge is 0.480 e. The Morgan fingerprint density at radius 1 is 1.16 bits per heavy atom. The van der Waals surface area contributed by atoms with E-state index < -0.39 is 36.0 Å². The number of carbonyl (C=O) groups excluding carboxylic acids is 3. The van der Waals surface area contributed by atoms with E-state index in [1.807, 2.05) is 31.2 Å². The molecule has 0 aliphatic carbocycles. The van der Waals surface area contributed by atoms with Crippen molar-refractivity contribution in [1.29, 1.82) is 0 Å². The summed E-state index contributed by atoms with van der Waals surface area (Å²) in [7, 11) is 0. The van der Waals surface area contributed by atoms with Gasteiger partial charge in [-0.3, -0.25) is 19.2 Å². The van der Waals surface area contributed by atoms with Crippen molar-refractivity contribution in [1.82, 2.24) is 15.2 Å². The van der Waals surface area contributed by atoms with Crippen LogP contribution in [-0.4, -0.2) is 51.6 Å².